The lowest BCUT2D eigenvalue weighted by molar-refractivity contribution is -0.360. The van der Waals surface area contributed by atoms with E-state index in [0.717, 1.165) is 128 Å². The Kier molecular flexibility index (Phi) is 67.0. The molecule has 706 valence electrons. The number of esters is 4. The maximum Gasteiger partial charge on any atom is 0.472 e. The molecule has 120 heavy (non-hydrogen) atoms. The third kappa shape index (κ3) is 51.9. The van der Waals surface area contributed by atoms with Gasteiger partial charge in [-0.3, -0.25) is 28.2 Å². The van der Waals surface area contributed by atoms with E-state index in [1.54, 1.807) is 0 Å². The fourth-order valence-electron chi connectivity index (χ4n) is 16.3. The summed E-state index contributed by atoms with van der Waals surface area (Å²) in [6, 6.07) is 0. The molecule has 0 radical (unpaired) electrons. The van der Waals surface area contributed by atoms with Gasteiger partial charge in [0.15, 0.2) is 24.8 Å². The van der Waals surface area contributed by atoms with E-state index in [-0.39, 0.29) is 25.7 Å². The van der Waals surface area contributed by atoms with Crippen LogP contribution in [0.2, 0.25) is 0 Å². The zero-order valence-electron chi connectivity index (χ0n) is 75.6. The fourth-order valence-corrected chi connectivity index (χ4v) is 17.3. The number of phosphoric ester groups is 1. The molecule has 2 heterocycles. The van der Waals surface area contributed by atoms with Gasteiger partial charge in [0.25, 0.3) is 0 Å². The molecule has 3 fully saturated rings. The maximum atomic E-state index is 14.9. The van der Waals surface area contributed by atoms with Crippen molar-refractivity contribution >= 4 is 31.7 Å². The maximum absolute atomic E-state index is 14.9. The first-order valence-electron chi connectivity index (χ1n) is 48.8. The van der Waals surface area contributed by atoms with E-state index < -0.39 is 162 Å². The number of carbonyl (C=O) groups is 4. The Bertz CT molecular complexity index is 2550. The SMILES string of the molecule is CCCCCCCC/C=C\CCCCCC(=O)OCC(COP(=O)(O)OC1C(OC2OC(CO)C(O)C(O)C2O)C(O)C(O)C(OC(=O)CCCCCCCCCCCCCCCCCC)C1OC1OC(COC(=O)CCCCCCCCCCCCCCCCCC)C(O)C(O)C1O)OC(=O)CCCCCCCCC(C)CCCCCCCC. The lowest BCUT2D eigenvalue weighted by Crippen LogP contribution is -2.70. The second kappa shape index (κ2) is 72.2. The van der Waals surface area contributed by atoms with Crippen LogP contribution in [0.3, 0.4) is 0 Å². The van der Waals surface area contributed by atoms with Crippen molar-refractivity contribution in [1.29, 1.82) is 0 Å². The van der Waals surface area contributed by atoms with E-state index in [2.05, 4.69) is 46.8 Å². The molecule has 2 saturated heterocycles. The summed E-state index contributed by atoms with van der Waals surface area (Å²) < 4.78 is 73.6. The minimum Gasteiger partial charge on any atom is -0.463 e. The van der Waals surface area contributed by atoms with Gasteiger partial charge in [-0.05, 0) is 57.3 Å². The molecule has 0 aromatic rings. The molecule has 3 rings (SSSR count). The minimum atomic E-state index is -5.81. The van der Waals surface area contributed by atoms with Crippen molar-refractivity contribution in [3.63, 3.8) is 0 Å². The molecule has 0 aromatic heterocycles. The first-order chi connectivity index (χ1) is 58.1. The smallest absolute Gasteiger partial charge is 0.463 e. The fraction of sp³-hybridized carbons (Fsp3) is 0.936. The minimum absolute atomic E-state index is 0.0157. The topological polar surface area (TPSA) is 380 Å². The largest absolute Gasteiger partial charge is 0.472 e. The Morgan fingerprint density at radius 3 is 1.08 bits per heavy atom. The van der Waals surface area contributed by atoms with Gasteiger partial charge in [0.2, 0.25) is 0 Å². The molecule has 0 aromatic carbocycles. The van der Waals surface area contributed by atoms with Crippen LogP contribution in [0.25, 0.3) is 0 Å². The summed E-state index contributed by atoms with van der Waals surface area (Å²) in [7, 11) is -5.81. The molecular weight excluding hydrogens is 1560 g/mol. The quantitative estimate of drug-likeness (QED) is 0.00889. The van der Waals surface area contributed by atoms with Crippen LogP contribution in [-0.2, 0) is 70.7 Å². The van der Waals surface area contributed by atoms with Gasteiger partial charge in [-0.2, -0.15) is 0 Å². The van der Waals surface area contributed by atoms with Crippen LogP contribution in [0.5, 0.6) is 0 Å². The monoisotopic (exact) mass is 1740 g/mol. The molecule has 1 saturated carbocycles. The number of aliphatic hydroxyl groups is 9. The van der Waals surface area contributed by atoms with Crippen LogP contribution in [0, 0.1) is 5.92 Å². The number of hydrogen-bond acceptors (Lipinski definition) is 24. The van der Waals surface area contributed by atoms with Crippen molar-refractivity contribution in [2.75, 3.05) is 26.4 Å². The Balaban J connectivity index is 1.91. The van der Waals surface area contributed by atoms with Gasteiger partial charge in [-0.15, -0.1) is 0 Å². The van der Waals surface area contributed by atoms with Crippen LogP contribution in [0.15, 0.2) is 12.2 Å². The van der Waals surface area contributed by atoms with Crippen LogP contribution in [0.4, 0.5) is 0 Å². The van der Waals surface area contributed by atoms with Crippen molar-refractivity contribution in [2.24, 2.45) is 5.92 Å². The lowest BCUT2D eigenvalue weighted by atomic mass is 9.84. The molecule has 19 atom stereocenters. The Labute approximate surface area is 724 Å². The van der Waals surface area contributed by atoms with E-state index in [1.807, 2.05) is 0 Å². The molecule has 0 amide bonds. The molecule has 0 spiro atoms. The summed E-state index contributed by atoms with van der Waals surface area (Å²) in [5.41, 5.74) is 0. The number of hydrogen-bond donors (Lipinski definition) is 10. The van der Waals surface area contributed by atoms with Crippen LogP contribution in [-0.4, -0.2) is 205 Å². The van der Waals surface area contributed by atoms with Gasteiger partial charge in [-0.25, -0.2) is 4.57 Å². The summed E-state index contributed by atoms with van der Waals surface area (Å²) in [4.78, 5) is 66.6. The summed E-state index contributed by atoms with van der Waals surface area (Å²) >= 11 is 0. The van der Waals surface area contributed by atoms with E-state index in [0.29, 0.717) is 38.0 Å². The van der Waals surface area contributed by atoms with Crippen molar-refractivity contribution in [3.05, 3.63) is 12.2 Å². The number of allylic oxidation sites excluding steroid dienone is 2. The van der Waals surface area contributed by atoms with Gasteiger partial charge < -0.3 is 88.7 Å². The number of ether oxygens (including phenoxy) is 8. The van der Waals surface area contributed by atoms with Crippen LogP contribution >= 0.6 is 7.82 Å². The molecule has 19 unspecified atom stereocenters. The number of unbranched alkanes of at least 4 members (excludes halogenated alkanes) is 49. The summed E-state index contributed by atoms with van der Waals surface area (Å²) in [6.07, 6.45) is 30.5. The van der Waals surface area contributed by atoms with E-state index in [1.165, 1.54) is 205 Å². The van der Waals surface area contributed by atoms with E-state index >= 15 is 0 Å². The zero-order valence-corrected chi connectivity index (χ0v) is 76.4. The second-order valence-electron chi connectivity index (χ2n) is 35.2. The zero-order chi connectivity index (χ0) is 87.6. The first kappa shape index (κ1) is 111. The van der Waals surface area contributed by atoms with Gasteiger partial charge in [0.05, 0.1) is 13.2 Å². The highest BCUT2D eigenvalue weighted by Crippen LogP contribution is 2.49. The molecule has 26 heteroatoms. The lowest BCUT2D eigenvalue weighted by Gasteiger charge is -2.50. The highest BCUT2D eigenvalue weighted by molar-refractivity contribution is 7.47. The Morgan fingerprint density at radius 1 is 0.350 bits per heavy atom. The van der Waals surface area contributed by atoms with E-state index in [9.17, 15) is 74.6 Å². The normalized spacial score (nSPS) is 25.0. The second-order valence-corrected chi connectivity index (χ2v) is 36.6. The third-order valence-electron chi connectivity index (χ3n) is 24.2. The average Bonchev–Trinajstić information content (AvgIpc) is 0.754. The molecule has 3 aliphatic rings. The van der Waals surface area contributed by atoms with Gasteiger partial charge in [0, 0.05) is 25.7 Å². The third-order valence-corrected chi connectivity index (χ3v) is 25.2. The van der Waals surface area contributed by atoms with Gasteiger partial charge >= 0.3 is 31.7 Å². The summed E-state index contributed by atoms with van der Waals surface area (Å²) in [5, 5.41) is 102. The number of aliphatic hydroxyl groups excluding tert-OH is 9. The summed E-state index contributed by atoms with van der Waals surface area (Å²) in [5.74, 6) is -2.30. The summed E-state index contributed by atoms with van der Waals surface area (Å²) in [6.45, 7) is 7.94. The Hall–Kier alpha value is -2.79. The molecule has 25 nitrogen and oxygen atoms in total. The standard InChI is InChI=1S/C94H175O25P/c1-6-10-14-18-22-25-28-31-33-35-38-41-44-47-54-60-66-78(97)111-72-76-82(101)84(103)88(107)94(115-76)118-91-89(116-80(99)68-62-55-48-45-42-39-36-34-32-29-26-23-19-15-11-7-2)85(104)86(105)90(117-93-87(106)83(102)81(100)75(69-95)114-93)92(91)119-120(108,109)112-71-74(70-110-77(96)65-59-53-46-43-40-37-30-27-24-20-16-12-8-3)113-79(98)67-61-56-50-49-52-58-64-73(5)63-57-51-21-17-13-9-4/h37,40,73-76,81-95,100-107H,6-36,38-39,41-72H2,1-5H3,(H,108,109)/b40-37-. The van der Waals surface area contributed by atoms with Gasteiger partial charge in [0.1, 0.15) is 92.6 Å². The van der Waals surface area contributed by atoms with Gasteiger partial charge in [-0.1, -0.05) is 361 Å². The van der Waals surface area contributed by atoms with Crippen LogP contribution < -0.4 is 0 Å². The number of phosphoric acid groups is 1. The molecule has 10 N–H and O–H groups in total. The average molecular weight is 1740 g/mol. The Morgan fingerprint density at radius 2 is 0.675 bits per heavy atom. The molecule has 0 bridgehead atoms. The van der Waals surface area contributed by atoms with Crippen molar-refractivity contribution < 1.29 is 122 Å². The molecule has 2 aliphatic heterocycles. The predicted molar refractivity (Wildman–Crippen MR) is 467 cm³/mol. The predicted octanol–water partition coefficient (Wildman–Crippen LogP) is 18.6. The molecule has 1 aliphatic carbocycles. The van der Waals surface area contributed by atoms with Crippen molar-refractivity contribution in [1.82, 2.24) is 0 Å². The van der Waals surface area contributed by atoms with Crippen molar-refractivity contribution in [3.8, 4) is 0 Å². The van der Waals surface area contributed by atoms with Crippen molar-refractivity contribution in [2.45, 2.75) is 530 Å². The van der Waals surface area contributed by atoms with E-state index in [4.69, 9.17) is 46.9 Å². The molecular formula is C94H175O25P. The van der Waals surface area contributed by atoms with Crippen LogP contribution in [0.1, 0.15) is 426 Å². The highest BCUT2D eigenvalue weighted by atomic mass is 31.2. The first-order valence-corrected chi connectivity index (χ1v) is 50.3. The highest BCUT2D eigenvalue weighted by Gasteiger charge is 2.60. The number of carbonyl (C=O) groups excluding carboxylic acids is 4. The number of rotatable bonds is 79.